The van der Waals surface area contributed by atoms with Crippen LogP contribution in [0, 0.1) is 0 Å². The van der Waals surface area contributed by atoms with E-state index < -0.39 is 10.0 Å². The largest absolute Gasteiger partial charge is 0.468 e. The van der Waals surface area contributed by atoms with Crippen molar-refractivity contribution in [2.45, 2.75) is 18.0 Å². The molecule has 0 radical (unpaired) electrons. The first-order valence-corrected chi connectivity index (χ1v) is 7.53. The summed E-state index contributed by atoms with van der Waals surface area (Å²) in [6.07, 6.45) is 1.50. The number of aliphatic hydroxyl groups is 1. The maximum Gasteiger partial charge on any atom is 0.244 e. The molecule has 2 aromatic rings. The van der Waals surface area contributed by atoms with E-state index in [1.54, 1.807) is 17.5 Å². The van der Waals surface area contributed by atoms with Crippen molar-refractivity contribution in [3.05, 3.63) is 40.5 Å². The molecule has 1 N–H and O–H groups in total. The number of aliphatic hydroxyl groups excluding tert-OH is 1. The van der Waals surface area contributed by atoms with E-state index >= 15 is 0 Å². The highest BCUT2D eigenvalue weighted by molar-refractivity contribution is 7.89. The lowest BCUT2D eigenvalue weighted by molar-refractivity contribution is 0.282. The smallest absolute Gasteiger partial charge is 0.244 e. The molecule has 18 heavy (non-hydrogen) atoms. The molecular weight excluding hydrogens is 274 g/mol. The molecular formula is C11H13NO4S2. The Morgan fingerprint density at radius 1 is 1.44 bits per heavy atom. The van der Waals surface area contributed by atoms with E-state index in [-0.39, 0.29) is 18.0 Å². The maximum atomic E-state index is 12.3. The van der Waals surface area contributed by atoms with Crippen LogP contribution in [-0.4, -0.2) is 24.9 Å². The fourth-order valence-corrected chi connectivity index (χ4v) is 3.95. The van der Waals surface area contributed by atoms with Crippen molar-refractivity contribution in [3.8, 4) is 0 Å². The topological polar surface area (TPSA) is 70.8 Å². The third-order valence-corrected chi connectivity index (χ3v) is 5.42. The normalized spacial score (nSPS) is 12.2. The van der Waals surface area contributed by atoms with E-state index in [1.807, 2.05) is 0 Å². The molecule has 98 valence electrons. The number of hydrogen-bond acceptors (Lipinski definition) is 5. The van der Waals surface area contributed by atoms with E-state index in [1.165, 1.54) is 35.0 Å². The Morgan fingerprint density at radius 2 is 2.22 bits per heavy atom. The molecule has 0 aromatic carbocycles. The minimum Gasteiger partial charge on any atom is -0.468 e. The fourth-order valence-electron chi connectivity index (χ4n) is 1.55. The molecule has 0 aliphatic heterocycles. The van der Waals surface area contributed by atoms with Crippen molar-refractivity contribution in [2.24, 2.45) is 0 Å². The molecule has 0 aliphatic carbocycles. The average Bonchev–Trinajstić information content (AvgIpc) is 2.98. The van der Waals surface area contributed by atoms with Crippen LogP contribution in [0.25, 0.3) is 0 Å². The number of rotatable bonds is 5. The highest BCUT2D eigenvalue weighted by atomic mass is 32.2. The van der Waals surface area contributed by atoms with Gasteiger partial charge in [0.05, 0.1) is 24.3 Å². The molecule has 2 rings (SSSR count). The van der Waals surface area contributed by atoms with E-state index in [4.69, 9.17) is 9.52 Å². The molecule has 0 fully saturated rings. The molecule has 0 saturated carbocycles. The van der Waals surface area contributed by atoms with Gasteiger partial charge in [0.2, 0.25) is 10.0 Å². The van der Waals surface area contributed by atoms with E-state index in [2.05, 4.69) is 0 Å². The number of sulfonamides is 1. The molecule has 5 nitrogen and oxygen atoms in total. The van der Waals surface area contributed by atoms with Gasteiger partial charge in [-0.1, -0.05) is 0 Å². The number of nitrogens with zero attached hydrogens (tertiary/aromatic N) is 1. The molecule has 0 aliphatic rings. The Hall–Kier alpha value is -1.15. The highest BCUT2D eigenvalue weighted by Crippen LogP contribution is 2.25. The summed E-state index contributed by atoms with van der Waals surface area (Å²) in [6.45, 7) is -0.114. The Kier molecular flexibility index (Phi) is 3.86. The van der Waals surface area contributed by atoms with Gasteiger partial charge in [-0.25, -0.2) is 8.42 Å². The van der Waals surface area contributed by atoms with Gasteiger partial charge in [0.1, 0.15) is 5.76 Å². The minimum absolute atomic E-state index is 0.157. The summed E-state index contributed by atoms with van der Waals surface area (Å²) in [4.78, 5) is 0.602. The van der Waals surface area contributed by atoms with Crippen LogP contribution >= 0.6 is 11.3 Å². The third-order valence-electron chi connectivity index (χ3n) is 2.49. The van der Waals surface area contributed by atoms with Crippen LogP contribution in [0.15, 0.2) is 39.2 Å². The van der Waals surface area contributed by atoms with E-state index in [0.717, 1.165) is 0 Å². The molecule has 0 atom stereocenters. The van der Waals surface area contributed by atoms with Gasteiger partial charge in [0.25, 0.3) is 0 Å². The van der Waals surface area contributed by atoms with E-state index in [0.29, 0.717) is 10.6 Å². The second-order valence-corrected chi connectivity index (χ2v) is 6.72. The van der Waals surface area contributed by atoms with Gasteiger partial charge in [0, 0.05) is 11.9 Å². The second kappa shape index (κ2) is 5.23. The van der Waals surface area contributed by atoms with E-state index in [9.17, 15) is 8.42 Å². The summed E-state index contributed by atoms with van der Waals surface area (Å²) >= 11 is 1.22. The van der Waals surface area contributed by atoms with Gasteiger partial charge in [-0.3, -0.25) is 0 Å². The Balaban J connectivity index is 2.26. The number of thiophene rings is 1. The predicted molar refractivity (Wildman–Crippen MR) is 67.6 cm³/mol. The first kappa shape index (κ1) is 13.3. The second-order valence-electron chi connectivity index (χ2n) is 3.71. The Morgan fingerprint density at radius 3 is 2.83 bits per heavy atom. The van der Waals surface area contributed by atoms with Gasteiger partial charge < -0.3 is 9.52 Å². The minimum atomic E-state index is -3.59. The van der Waals surface area contributed by atoms with Crippen LogP contribution in [0.5, 0.6) is 0 Å². The van der Waals surface area contributed by atoms with Crippen molar-refractivity contribution in [3.63, 3.8) is 0 Å². The van der Waals surface area contributed by atoms with Crippen LogP contribution in [0.3, 0.4) is 0 Å². The predicted octanol–water partition coefficient (Wildman–Crippen LogP) is 1.65. The van der Waals surface area contributed by atoms with Gasteiger partial charge >= 0.3 is 0 Å². The van der Waals surface area contributed by atoms with Crippen LogP contribution in [0.1, 0.15) is 10.6 Å². The number of hydrogen-bond donors (Lipinski definition) is 1. The molecule has 0 unspecified atom stereocenters. The van der Waals surface area contributed by atoms with Crippen molar-refractivity contribution < 1.29 is 17.9 Å². The zero-order chi connectivity index (χ0) is 13.2. The third kappa shape index (κ3) is 2.49. The summed E-state index contributed by atoms with van der Waals surface area (Å²) in [5, 5.41) is 10.8. The summed E-state index contributed by atoms with van der Waals surface area (Å²) < 4.78 is 30.9. The summed E-state index contributed by atoms with van der Waals surface area (Å²) in [6, 6.07) is 4.93. The zero-order valence-electron chi connectivity index (χ0n) is 9.74. The average molecular weight is 287 g/mol. The molecule has 0 saturated heterocycles. The number of furan rings is 1. The van der Waals surface area contributed by atoms with Crippen molar-refractivity contribution in [1.82, 2.24) is 4.31 Å². The van der Waals surface area contributed by atoms with Gasteiger partial charge in [0.15, 0.2) is 0 Å². The Labute approximate surface area is 109 Å². The van der Waals surface area contributed by atoms with Gasteiger partial charge in [-0.2, -0.15) is 4.31 Å². The van der Waals surface area contributed by atoms with Gasteiger partial charge in [-0.15, -0.1) is 11.3 Å². The van der Waals surface area contributed by atoms with Crippen LogP contribution in [0.2, 0.25) is 0 Å². The monoisotopic (exact) mass is 287 g/mol. The van der Waals surface area contributed by atoms with Crippen LogP contribution < -0.4 is 0 Å². The van der Waals surface area contributed by atoms with Crippen molar-refractivity contribution in [2.75, 3.05) is 7.05 Å². The first-order valence-electron chi connectivity index (χ1n) is 5.21. The fraction of sp³-hybridized carbons (Fsp3) is 0.273. The van der Waals surface area contributed by atoms with Crippen LogP contribution in [-0.2, 0) is 23.2 Å². The standard InChI is InChI=1S/C11H13NO4S2/c1-12(7-9-3-2-5-16-9)18(14,15)11-4-6-17-10(11)8-13/h2-6,13H,7-8H2,1H3. The van der Waals surface area contributed by atoms with Gasteiger partial charge in [-0.05, 0) is 23.6 Å². The van der Waals surface area contributed by atoms with Crippen molar-refractivity contribution in [1.29, 1.82) is 0 Å². The lowest BCUT2D eigenvalue weighted by Crippen LogP contribution is -2.26. The first-order chi connectivity index (χ1) is 8.55. The van der Waals surface area contributed by atoms with Crippen molar-refractivity contribution >= 4 is 21.4 Å². The summed E-state index contributed by atoms with van der Waals surface area (Å²) in [5.41, 5.74) is 0. The highest BCUT2D eigenvalue weighted by Gasteiger charge is 2.25. The molecule has 0 spiro atoms. The summed E-state index contributed by atoms with van der Waals surface area (Å²) in [7, 11) is -2.11. The van der Waals surface area contributed by atoms with Crippen LogP contribution in [0.4, 0.5) is 0 Å². The maximum absolute atomic E-state index is 12.3. The SMILES string of the molecule is CN(Cc1ccco1)S(=O)(=O)c1ccsc1CO. The Bertz CT molecular complexity index is 601. The molecule has 0 bridgehead atoms. The summed E-state index contributed by atoms with van der Waals surface area (Å²) in [5.74, 6) is 0.571. The zero-order valence-corrected chi connectivity index (χ0v) is 11.4. The molecule has 0 amide bonds. The molecule has 2 aromatic heterocycles. The molecule has 7 heteroatoms. The molecule has 2 heterocycles. The lowest BCUT2D eigenvalue weighted by atomic mass is 10.4. The lowest BCUT2D eigenvalue weighted by Gasteiger charge is -2.15. The quantitative estimate of drug-likeness (QED) is 0.907.